The van der Waals surface area contributed by atoms with Gasteiger partial charge >= 0.3 is 6.03 Å². The molecule has 0 atom stereocenters. The number of urea groups is 1. The summed E-state index contributed by atoms with van der Waals surface area (Å²) < 4.78 is 5.39. The van der Waals surface area contributed by atoms with Gasteiger partial charge in [-0.2, -0.15) is 0 Å². The maximum absolute atomic E-state index is 13.0. The zero-order valence-electron chi connectivity index (χ0n) is 15.4. The van der Waals surface area contributed by atoms with Gasteiger partial charge in [-0.15, -0.1) is 0 Å². The quantitative estimate of drug-likeness (QED) is 0.853. The standard InChI is InChI=1S/C19H28N4O3/c1-15-3-2-4-16(13-15)21-18(25)23-9-7-22(8-10-23)17(24)19(14-20)5-11-26-12-6-19/h2-4,13H,5-12,14,20H2,1H3,(H,21,25). The van der Waals surface area contributed by atoms with Crippen molar-refractivity contribution in [3.63, 3.8) is 0 Å². The van der Waals surface area contributed by atoms with Crippen molar-refractivity contribution < 1.29 is 14.3 Å². The maximum atomic E-state index is 13.0. The van der Waals surface area contributed by atoms with E-state index < -0.39 is 5.41 Å². The highest BCUT2D eigenvalue weighted by atomic mass is 16.5. The first kappa shape index (κ1) is 18.7. The van der Waals surface area contributed by atoms with Gasteiger partial charge in [0.15, 0.2) is 0 Å². The van der Waals surface area contributed by atoms with Crippen molar-refractivity contribution in [2.75, 3.05) is 51.3 Å². The summed E-state index contributed by atoms with van der Waals surface area (Å²) in [6.45, 7) is 5.66. The number of piperazine rings is 1. The maximum Gasteiger partial charge on any atom is 0.321 e. The minimum absolute atomic E-state index is 0.113. The molecule has 7 nitrogen and oxygen atoms in total. The molecule has 0 aliphatic carbocycles. The van der Waals surface area contributed by atoms with Gasteiger partial charge in [-0.05, 0) is 37.5 Å². The lowest BCUT2D eigenvalue weighted by Crippen LogP contribution is -2.57. The van der Waals surface area contributed by atoms with Crippen LogP contribution in [0.3, 0.4) is 0 Å². The Morgan fingerprint density at radius 1 is 1.15 bits per heavy atom. The molecule has 2 heterocycles. The van der Waals surface area contributed by atoms with Crippen LogP contribution in [0.25, 0.3) is 0 Å². The van der Waals surface area contributed by atoms with Gasteiger partial charge < -0.3 is 25.6 Å². The fraction of sp³-hybridized carbons (Fsp3) is 0.579. The van der Waals surface area contributed by atoms with Crippen molar-refractivity contribution in [3.8, 4) is 0 Å². The van der Waals surface area contributed by atoms with Crippen LogP contribution in [-0.2, 0) is 9.53 Å². The molecule has 2 aliphatic heterocycles. The molecule has 0 radical (unpaired) electrons. The highest BCUT2D eigenvalue weighted by molar-refractivity contribution is 5.90. The summed E-state index contributed by atoms with van der Waals surface area (Å²) in [4.78, 5) is 29.0. The van der Waals surface area contributed by atoms with Crippen molar-refractivity contribution >= 4 is 17.6 Å². The summed E-state index contributed by atoms with van der Waals surface area (Å²) in [6.07, 6.45) is 1.35. The SMILES string of the molecule is Cc1cccc(NC(=O)N2CCN(C(=O)C3(CN)CCOCC3)CC2)c1. The van der Waals surface area contributed by atoms with Gasteiger partial charge in [0.1, 0.15) is 0 Å². The first-order chi connectivity index (χ1) is 12.5. The Kier molecular flexibility index (Phi) is 5.78. The average molecular weight is 360 g/mol. The lowest BCUT2D eigenvalue weighted by atomic mass is 9.78. The van der Waals surface area contributed by atoms with Crippen molar-refractivity contribution in [2.45, 2.75) is 19.8 Å². The first-order valence-electron chi connectivity index (χ1n) is 9.24. The molecule has 7 heteroatoms. The summed E-state index contributed by atoms with van der Waals surface area (Å²) in [6, 6.07) is 7.60. The fourth-order valence-corrected chi connectivity index (χ4v) is 3.64. The largest absolute Gasteiger partial charge is 0.381 e. The molecule has 2 saturated heterocycles. The number of hydrogen-bond donors (Lipinski definition) is 2. The molecule has 2 fully saturated rings. The summed E-state index contributed by atoms with van der Waals surface area (Å²) in [5, 5.41) is 2.93. The van der Waals surface area contributed by atoms with Crippen molar-refractivity contribution in [1.82, 2.24) is 9.80 Å². The Morgan fingerprint density at radius 3 is 2.42 bits per heavy atom. The Balaban J connectivity index is 1.55. The lowest BCUT2D eigenvalue weighted by molar-refractivity contribution is -0.148. The van der Waals surface area contributed by atoms with E-state index in [-0.39, 0.29) is 11.9 Å². The topological polar surface area (TPSA) is 87.9 Å². The Morgan fingerprint density at radius 2 is 1.81 bits per heavy atom. The van der Waals surface area contributed by atoms with E-state index in [0.717, 1.165) is 11.3 Å². The summed E-state index contributed by atoms with van der Waals surface area (Å²) >= 11 is 0. The second kappa shape index (κ2) is 8.05. The van der Waals surface area contributed by atoms with E-state index in [0.29, 0.717) is 58.8 Å². The highest BCUT2D eigenvalue weighted by Crippen LogP contribution is 2.32. The zero-order chi connectivity index (χ0) is 18.6. The Hall–Kier alpha value is -2.12. The number of hydrogen-bond acceptors (Lipinski definition) is 4. The first-order valence-corrected chi connectivity index (χ1v) is 9.24. The third kappa shape index (κ3) is 3.99. The Bertz CT molecular complexity index is 650. The van der Waals surface area contributed by atoms with Crippen LogP contribution in [0.2, 0.25) is 0 Å². The molecule has 0 bridgehead atoms. The third-order valence-electron chi connectivity index (χ3n) is 5.42. The van der Waals surface area contributed by atoms with Crippen LogP contribution in [0.4, 0.5) is 10.5 Å². The third-order valence-corrected chi connectivity index (χ3v) is 5.42. The molecule has 1 aromatic rings. The number of amides is 3. The number of carbonyl (C=O) groups is 2. The molecule has 26 heavy (non-hydrogen) atoms. The van der Waals surface area contributed by atoms with Gasteiger partial charge in [-0.1, -0.05) is 12.1 Å². The van der Waals surface area contributed by atoms with Crippen LogP contribution in [0, 0.1) is 12.3 Å². The number of ether oxygens (including phenoxy) is 1. The van der Waals surface area contributed by atoms with Gasteiger partial charge in [0, 0.05) is 51.6 Å². The van der Waals surface area contributed by atoms with E-state index in [2.05, 4.69) is 5.32 Å². The van der Waals surface area contributed by atoms with E-state index in [1.54, 1.807) is 4.90 Å². The Labute approximate surface area is 154 Å². The molecule has 3 amide bonds. The number of benzene rings is 1. The molecular formula is C19H28N4O3. The van der Waals surface area contributed by atoms with Crippen LogP contribution in [-0.4, -0.2) is 67.7 Å². The van der Waals surface area contributed by atoms with Gasteiger partial charge in [0.2, 0.25) is 5.91 Å². The smallest absolute Gasteiger partial charge is 0.321 e. The molecule has 1 aromatic carbocycles. The predicted molar refractivity (Wildman–Crippen MR) is 99.9 cm³/mol. The normalized spacial score (nSPS) is 19.9. The predicted octanol–water partition coefficient (Wildman–Crippen LogP) is 1.43. The van der Waals surface area contributed by atoms with E-state index in [1.165, 1.54) is 0 Å². The molecule has 0 saturated carbocycles. The van der Waals surface area contributed by atoms with E-state index >= 15 is 0 Å². The van der Waals surface area contributed by atoms with Crippen LogP contribution in [0.5, 0.6) is 0 Å². The average Bonchev–Trinajstić information content (AvgIpc) is 2.68. The van der Waals surface area contributed by atoms with Gasteiger partial charge in [0.25, 0.3) is 0 Å². The number of nitrogens with zero attached hydrogens (tertiary/aromatic N) is 2. The van der Waals surface area contributed by atoms with E-state index in [9.17, 15) is 9.59 Å². The molecule has 0 spiro atoms. The molecule has 3 N–H and O–H groups in total. The molecule has 142 valence electrons. The fourth-order valence-electron chi connectivity index (χ4n) is 3.64. The highest BCUT2D eigenvalue weighted by Gasteiger charge is 2.42. The number of nitrogens with one attached hydrogen (secondary N) is 1. The summed E-state index contributed by atoms with van der Waals surface area (Å²) in [5.41, 5.74) is 7.33. The van der Waals surface area contributed by atoms with Crippen LogP contribution in [0.15, 0.2) is 24.3 Å². The van der Waals surface area contributed by atoms with Crippen LogP contribution in [0.1, 0.15) is 18.4 Å². The molecule has 0 unspecified atom stereocenters. The number of aryl methyl sites for hydroxylation is 1. The summed E-state index contributed by atoms with van der Waals surface area (Å²) in [5.74, 6) is 0.113. The minimum Gasteiger partial charge on any atom is -0.381 e. The van der Waals surface area contributed by atoms with E-state index in [4.69, 9.17) is 10.5 Å². The number of nitrogens with two attached hydrogens (primary N) is 1. The lowest BCUT2D eigenvalue weighted by Gasteiger charge is -2.42. The minimum atomic E-state index is -0.496. The number of anilines is 1. The molecule has 3 rings (SSSR count). The van der Waals surface area contributed by atoms with Crippen molar-refractivity contribution in [2.24, 2.45) is 11.1 Å². The number of carbonyl (C=O) groups excluding carboxylic acids is 2. The second-order valence-electron chi connectivity index (χ2n) is 7.18. The monoisotopic (exact) mass is 360 g/mol. The molecule has 0 aromatic heterocycles. The van der Waals surface area contributed by atoms with Crippen LogP contribution >= 0.6 is 0 Å². The van der Waals surface area contributed by atoms with Gasteiger partial charge in [0.05, 0.1) is 5.41 Å². The molecular weight excluding hydrogens is 332 g/mol. The van der Waals surface area contributed by atoms with E-state index in [1.807, 2.05) is 36.1 Å². The van der Waals surface area contributed by atoms with Crippen LogP contribution < -0.4 is 11.1 Å². The zero-order valence-corrected chi connectivity index (χ0v) is 15.4. The molecule has 2 aliphatic rings. The van der Waals surface area contributed by atoms with Gasteiger partial charge in [-0.25, -0.2) is 4.79 Å². The summed E-state index contributed by atoms with van der Waals surface area (Å²) in [7, 11) is 0. The van der Waals surface area contributed by atoms with Crippen molar-refractivity contribution in [1.29, 1.82) is 0 Å². The second-order valence-corrected chi connectivity index (χ2v) is 7.18. The van der Waals surface area contributed by atoms with Crippen molar-refractivity contribution in [3.05, 3.63) is 29.8 Å². The number of rotatable bonds is 3. The van der Waals surface area contributed by atoms with Gasteiger partial charge in [-0.3, -0.25) is 4.79 Å².